The van der Waals surface area contributed by atoms with Gasteiger partial charge in [-0.15, -0.1) is 0 Å². The number of nitrogens with zero attached hydrogens (tertiary/aromatic N) is 2. The smallest absolute Gasteiger partial charge is 0.216 e. The van der Waals surface area contributed by atoms with Crippen molar-refractivity contribution in [1.29, 1.82) is 0 Å². The highest BCUT2D eigenvalue weighted by Crippen LogP contribution is 2.48. The van der Waals surface area contributed by atoms with Crippen molar-refractivity contribution in [3.05, 3.63) is 17.3 Å². The van der Waals surface area contributed by atoms with Crippen molar-refractivity contribution in [3.8, 4) is 0 Å². The van der Waals surface area contributed by atoms with Crippen LogP contribution in [0.4, 0.5) is 0 Å². The third-order valence-corrected chi connectivity index (χ3v) is 4.21. The second-order valence-electron chi connectivity index (χ2n) is 6.04. The lowest BCUT2D eigenvalue weighted by Crippen LogP contribution is -2.40. The molecule has 0 amide bonds. The Balaban J connectivity index is 1.87. The van der Waals surface area contributed by atoms with E-state index in [4.69, 9.17) is 9.15 Å². The number of aryl methyl sites for hydroxylation is 2. The number of hydrogen-bond donors (Lipinski definition) is 2. The Labute approximate surface area is 132 Å². The van der Waals surface area contributed by atoms with E-state index >= 15 is 0 Å². The van der Waals surface area contributed by atoms with Crippen LogP contribution in [-0.2, 0) is 11.3 Å². The lowest BCUT2D eigenvalue weighted by atomic mass is 10.0. The zero-order valence-electron chi connectivity index (χ0n) is 14.2. The molecule has 0 bridgehead atoms. The van der Waals surface area contributed by atoms with Crippen LogP contribution in [0.15, 0.2) is 9.41 Å². The van der Waals surface area contributed by atoms with Gasteiger partial charge in [-0.1, -0.05) is 0 Å². The maximum Gasteiger partial charge on any atom is 0.216 e. The lowest BCUT2D eigenvalue weighted by Gasteiger charge is -2.18. The highest BCUT2D eigenvalue weighted by molar-refractivity contribution is 5.79. The number of hydrogen-bond acceptors (Lipinski definition) is 4. The van der Waals surface area contributed by atoms with E-state index in [1.165, 1.54) is 12.8 Å². The molecular weight excluding hydrogens is 280 g/mol. The fourth-order valence-corrected chi connectivity index (χ4v) is 2.38. The third-order valence-electron chi connectivity index (χ3n) is 4.21. The first-order chi connectivity index (χ1) is 10.6. The SMILES string of the molecule is CCNC(=NCc1nc(C)c(C)o1)NCC1(CCOC)CC1. The molecule has 22 heavy (non-hydrogen) atoms. The van der Waals surface area contributed by atoms with Gasteiger partial charge in [0, 0.05) is 26.8 Å². The van der Waals surface area contributed by atoms with E-state index < -0.39 is 0 Å². The van der Waals surface area contributed by atoms with E-state index in [-0.39, 0.29) is 0 Å². The van der Waals surface area contributed by atoms with E-state index in [0.717, 1.165) is 43.5 Å². The molecule has 124 valence electrons. The van der Waals surface area contributed by atoms with E-state index in [2.05, 4.69) is 27.5 Å². The molecule has 0 aliphatic heterocycles. The van der Waals surface area contributed by atoms with E-state index in [9.17, 15) is 0 Å². The zero-order chi connectivity index (χ0) is 16.0. The van der Waals surface area contributed by atoms with Crippen molar-refractivity contribution in [2.45, 2.75) is 46.6 Å². The maximum absolute atomic E-state index is 5.56. The molecule has 2 rings (SSSR count). The largest absolute Gasteiger partial charge is 0.444 e. The molecule has 0 unspecified atom stereocenters. The second-order valence-corrected chi connectivity index (χ2v) is 6.04. The number of guanidine groups is 1. The van der Waals surface area contributed by atoms with Gasteiger partial charge in [0.2, 0.25) is 5.89 Å². The lowest BCUT2D eigenvalue weighted by molar-refractivity contribution is 0.172. The van der Waals surface area contributed by atoms with Gasteiger partial charge in [-0.2, -0.15) is 0 Å². The normalized spacial score (nSPS) is 16.6. The first-order valence-corrected chi connectivity index (χ1v) is 8.02. The number of oxazole rings is 1. The Kier molecular flexibility index (Phi) is 5.83. The summed E-state index contributed by atoms with van der Waals surface area (Å²) < 4.78 is 10.8. The van der Waals surface area contributed by atoms with Crippen LogP contribution in [0.1, 0.15) is 43.5 Å². The van der Waals surface area contributed by atoms with Gasteiger partial charge < -0.3 is 19.8 Å². The number of aromatic nitrogens is 1. The summed E-state index contributed by atoms with van der Waals surface area (Å²) in [4.78, 5) is 8.91. The standard InChI is InChI=1S/C16H28N4O2/c1-5-17-15(18-10-14-20-12(2)13(3)22-14)19-11-16(6-7-16)8-9-21-4/h5-11H2,1-4H3,(H2,17,18,19). The van der Waals surface area contributed by atoms with Crippen LogP contribution >= 0.6 is 0 Å². The highest BCUT2D eigenvalue weighted by atomic mass is 16.5. The Bertz CT molecular complexity index is 487. The molecule has 6 nitrogen and oxygen atoms in total. The second kappa shape index (κ2) is 7.63. The minimum atomic E-state index is 0.391. The molecule has 1 fully saturated rings. The van der Waals surface area contributed by atoms with Crippen molar-refractivity contribution in [2.24, 2.45) is 10.4 Å². The van der Waals surface area contributed by atoms with Gasteiger partial charge >= 0.3 is 0 Å². The van der Waals surface area contributed by atoms with Crippen molar-refractivity contribution >= 4 is 5.96 Å². The summed E-state index contributed by atoms with van der Waals surface area (Å²) in [5.41, 5.74) is 1.32. The molecule has 1 heterocycles. The summed E-state index contributed by atoms with van der Waals surface area (Å²) in [5, 5.41) is 6.71. The minimum Gasteiger partial charge on any atom is -0.444 e. The Morgan fingerprint density at radius 3 is 2.68 bits per heavy atom. The van der Waals surface area contributed by atoms with Crippen LogP contribution in [0.3, 0.4) is 0 Å². The van der Waals surface area contributed by atoms with Crippen LogP contribution in [0.25, 0.3) is 0 Å². The number of nitrogens with one attached hydrogen (secondary N) is 2. The number of aliphatic imine (C=N–C) groups is 1. The van der Waals surface area contributed by atoms with Gasteiger partial charge in [0.25, 0.3) is 0 Å². The fraction of sp³-hybridized carbons (Fsp3) is 0.750. The Morgan fingerprint density at radius 1 is 1.36 bits per heavy atom. The third kappa shape index (κ3) is 4.73. The van der Waals surface area contributed by atoms with E-state index in [1.807, 2.05) is 13.8 Å². The molecule has 0 spiro atoms. The molecule has 0 radical (unpaired) electrons. The van der Waals surface area contributed by atoms with Crippen molar-refractivity contribution in [1.82, 2.24) is 15.6 Å². The van der Waals surface area contributed by atoms with Gasteiger partial charge in [-0.05, 0) is 45.4 Å². The minimum absolute atomic E-state index is 0.391. The molecule has 0 aromatic carbocycles. The molecule has 2 N–H and O–H groups in total. The van der Waals surface area contributed by atoms with Gasteiger partial charge in [0.1, 0.15) is 12.3 Å². The molecular formula is C16H28N4O2. The first-order valence-electron chi connectivity index (χ1n) is 8.02. The monoisotopic (exact) mass is 308 g/mol. The summed E-state index contributed by atoms with van der Waals surface area (Å²) >= 11 is 0. The number of ether oxygens (including phenoxy) is 1. The molecule has 1 aromatic rings. The molecule has 1 saturated carbocycles. The first kappa shape index (κ1) is 16.8. The molecule has 1 aliphatic carbocycles. The molecule has 0 saturated heterocycles. The predicted octanol–water partition coefficient (Wildman–Crippen LogP) is 2.16. The maximum atomic E-state index is 5.56. The van der Waals surface area contributed by atoms with E-state index in [1.54, 1.807) is 7.11 Å². The van der Waals surface area contributed by atoms with Gasteiger partial charge in [0.05, 0.1) is 5.69 Å². The van der Waals surface area contributed by atoms with Crippen molar-refractivity contribution in [2.75, 3.05) is 26.8 Å². The average Bonchev–Trinajstić information content (AvgIpc) is 3.20. The van der Waals surface area contributed by atoms with Crippen LogP contribution in [0, 0.1) is 19.3 Å². The zero-order valence-corrected chi connectivity index (χ0v) is 14.2. The summed E-state index contributed by atoms with van der Waals surface area (Å²) in [6.07, 6.45) is 3.63. The van der Waals surface area contributed by atoms with Crippen LogP contribution in [0.2, 0.25) is 0 Å². The Hall–Kier alpha value is -1.56. The topological polar surface area (TPSA) is 71.7 Å². The van der Waals surface area contributed by atoms with E-state index in [0.29, 0.717) is 17.9 Å². The molecule has 1 aromatic heterocycles. The van der Waals surface area contributed by atoms with Crippen LogP contribution < -0.4 is 10.6 Å². The van der Waals surface area contributed by atoms with Gasteiger partial charge in [0.15, 0.2) is 5.96 Å². The molecule has 0 atom stereocenters. The van der Waals surface area contributed by atoms with Crippen LogP contribution in [-0.4, -0.2) is 37.7 Å². The van der Waals surface area contributed by atoms with Crippen molar-refractivity contribution < 1.29 is 9.15 Å². The summed E-state index contributed by atoms with van der Waals surface area (Å²) in [5.74, 6) is 2.34. The van der Waals surface area contributed by atoms with Crippen LogP contribution in [0.5, 0.6) is 0 Å². The van der Waals surface area contributed by atoms with Gasteiger partial charge in [-0.25, -0.2) is 9.98 Å². The fourth-order valence-electron chi connectivity index (χ4n) is 2.38. The average molecular weight is 308 g/mol. The number of rotatable bonds is 8. The molecule has 1 aliphatic rings. The van der Waals surface area contributed by atoms with Crippen molar-refractivity contribution in [3.63, 3.8) is 0 Å². The summed E-state index contributed by atoms with van der Waals surface area (Å²) in [7, 11) is 1.76. The predicted molar refractivity (Wildman–Crippen MR) is 87.0 cm³/mol. The highest BCUT2D eigenvalue weighted by Gasteiger charge is 2.41. The number of methoxy groups -OCH3 is 1. The summed E-state index contributed by atoms with van der Waals surface area (Å²) in [6.45, 7) is 8.98. The quantitative estimate of drug-likeness (QED) is 0.569. The summed E-state index contributed by atoms with van der Waals surface area (Å²) in [6, 6.07) is 0. The van der Waals surface area contributed by atoms with Gasteiger partial charge in [-0.3, -0.25) is 0 Å². The Morgan fingerprint density at radius 2 is 2.14 bits per heavy atom. The molecule has 6 heteroatoms.